The summed E-state index contributed by atoms with van der Waals surface area (Å²) in [6, 6.07) is 5.71. The maximum absolute atomic E-state index is 12.2. The van der Waals surface area contributed by atoms with E-state index in [9.17, 15) is 4.79 Å². The number of aromatic nitrogens is 2. The molecule has 0 spiro atoms. The van der Waals surface area contributed by atoms with Gasteiger partial charge in [-0.15, -0.1) is 0 Å². The third-order valence-electron chi connectivity index (χ3n) is 4.20. The average molecular weight is 243 g/mol. The van der Waals surface area contributed by atoms with Crippen LogP contribution in [0.1, 0.15) is 37.7 Å². The first-order chi connectivity index (χ1) is 8.41. The van der Waals surface area contributed by atoms with Crippen molar-refractivity contribution in [2.45, 2.75) is 32.7 Å². The van der Waals surface area contributed by atoms with Crippen LogP contribution >= 0.6 is 0 Å². The van der Waals surface area contributed by atoms with E-state index in [1.165, 1.54) is 0 Å². The van der Waals surface area contributed by atoms with Crippen molar-refractivity contribution in [2.24, 2.45) is 5.41 Å². The van der Waals surface area contributed by atoms with Crippen LogP contribution in [0.3, 0.4) is 0 Å². The maximum atomic E-state index is 12.2. The highest BCUT2D eigenvalue weighted by atomic mass is 16.2. The summed E-state index contributed by atoms with van der Waals surface area (Å²) in [6.07, 6.45) is 4.60. The van der Waals surface area contributed by atoms with Gasteiger partial charge in [-0.25, -0.2) is 4.98 Å². The minimum absolute atomic E-state index is 0.0909. The van der Waals surface area contributed by atoms with E-state index < -0.39 is 0 Å². The van der Waals surface area contributed by atoms with Crippen LogP contribution in [0.15, 0.2) is 30.7 Å². The normalized spacial score (nSPS) is 25.1. The van der Waals surface area contributed by atoms with Crippen molar-refractivity contribution in [3.8, 4) is 0 Å². The minimum Gasteiger partial charge on any atom is -0.345 e. The number of carbonyl (C=O) groups is 1. The van der Waals surface area contributed by atoms with Crippen LogP contribution in [0.5, 0.6) is 0 Å². The summed E-state index contributed by atoms with van der Waals surface area (Å²) in [4.78, 5) is 16.4. The van der Waals surface area contributed by atoms with Gasteiger partial charge in [-0.2, -0.15) is 0 Å². The molecular weight excluding hydrogens is 226 g/mol. The summed E-state index contributed by atoms with van der Waals surface area (Å²) in [6.45, 7) is 6.41. The average Bonchev–Trinajstić information content (AvgIpc) is 2.66. The number of hydrogen-bond donors (Lipinski definition) is 1. The lowest BCUT2D eigenvalue weighted by Crippen LogP contribution is -2.38. The van der Waals surface area contributed by atoms with Gasteiger partial charge in [-0.3, -0.25) is 4.79 Å². The third-order valence-corrected chi connectivity index (χ3v) is 4.20. The van der Waals surface area contributed by atoms with Gasteiger partial charge in [0.05, 0.1) is 6.33 Å². The lowest BCUT2D eigenvalue weighted by molar-refractivity contribution is 0.0921. The van der Waals surface area contributed by atoms with Gasteiger partial charge in [0.2, 0.25) is 0 Å². The van der Waals surface area contributed by atoms with E-state index in [0.29, 0.717) is 5.69 Å². The van der Waals surface area contributed by atoms with E-state index in [-0.39, 0.29) is 16.9 Å². The van der Waals surface area contributed by atoms with Gasteiger partial charge in [0, 0.05) is 17.3 Å². The molecule has 2 heterocycles. The van der Waals surface area contributed by atoms with Crippen molar-refractivity contribution in [1.29, 1.82) is 0 Å². The molecule has 1 atom stereocenters. The highest BCUT2D eigenvalue weighted by Crippen LogP contribution is 2.55. The molecule has 0 bridgehead atoms. The summed E-state index contributed by atoms with van der Waals surface area (Å²) in [5, 5.41) is 3.08. The third kappa shape index (κ3) is 1.60. The van der Waals surface area contributed by atoms with Crippen LogP contribution in [0, 0.1) is 5.41 Å². The molecular formula is C14H17N3O. The predicted molar refractivity (Wildman–Crippen MR) is 69.5 cm³/mol. The van der Waals surface area contributed by atoms with Crippen LogP contribution in [0.2, 0.25) is 0 Å². The highest BCUT2D eigenvalue weighted by Gasteiger charge is 2.58. The van der Waals surface area contributed by atoms with Gasteiger partial charge in [0.15, 0.2) is 0 Å². The standard InChI is InChI=1S/C14H17N3O/c1-13(2)8-14(13,3)16-12(18)11-7-10-5-4-6-17(10)9-15-11/h4-7,9H,8H2,1-3H3,(H,16,18). The molecule has 94 valence electrons. The van der Waals surface area contributed by atoms with Crippen molar-refractivity contribution in [3.05, 3.63) is 36.4 Å². The van der Waals surface area contributed by atoms with Crippen LogP contribution in [0.4, 0.5) is 0 Å². The molecule has 2 aromatic heterocycles. The Labute approximate surface area is 106 Å². The maximum Gasteiger partial charge on any atom is 0.270 e. The first-order valence-corrected chi connectivity index (χ1v) is 6.17. The van der Waals surface area contributed by atoms with Crippen molar-refractivity contribution >= 4 is 11.4 Å². The van der Waals surface area contributed by atoms with Crippen LogP contribution in [-0.4, -0.2) is 20.8 Å². The topological polar surface area (TPSA) is 46.4 Å². The fraction of sp³-hybridized carbons (Fsp3) is 0.429. The zero-order chi connectivity index (χ0) is 13.0. The molecule has 3 rings (SSSR count). The molecule has 1 aliphatic carbocycles. The van der Waals surface area contributed by atoms with E-state index in [2.05, 4.69) is 31.1 Å². The van der Waals surface area contributed by atoms with Crippen molar-refractivity contribution in [1.82, 2.24) is 14.7 Å². The Morgan fingerprint density at radius 1 is 1.44 bits per heavy atom. The van der Waals surface area contributed by atoms with Gasteiger partial charge in [-0.05, 0) is 37.0 Å². The van der Waals surface area contributed by atoms with Gasteiger partial charge in [0.25, 0.3) is 5.91 Å². The molecule has 1 saturated carbocycles. The van der Waals surface area contributed by atoms with E-state index >= 15 is 0 Å². The zero-order valence-corrected chi connectivity index (χ0v) is 10.9. The fourth-order valence-corrected chi connectivity index (χ4v) is 2.43. The first kappa shape index (κ1) is 11.3. The Morgan fingerprint density at radius 2 is 2.17 bits per heavy atom. The second-order valence-electron chi connectivity index (χ2n) is 5.96. The molecule has 2 aromatic rings. The van der Waals surface area contributed by atoms with Gasteiger partial charge < -0.3 is 9.72 Å². The van der Waals surface area contributed by atoms with E-state index in [1.54, 1.807) is 6.33 Å². The fourth-order valence-electron chi connectivity index (χ4n) is 2.43. The monoisotopic (exact) mass is 243 g/mol. The lowest BCUT2D eigenvalue weighted by Gasteiger charge is -2.16. The van der Waals surface area contributed by atoms with Crippen LogP contribution in [-0.2, 0) is 0 Å². The van der Waals surface area contributed by atoms with Gasteiger partial charge in [-0.1, -0.05) is 13.8 Å². The molecule has 1 fully saturated rings. The Morgan fingerprint density at radius 3 is 2.83 bits per heavy atom. The van der Waals surface area contributed by atoms with Gasteiger partial charge in [0.1, 0.15) is 5.69 Å². The molecule has 0 saturated heterocycles. The van der Waals surface area contributed by atoms with Gasteiger partial charge >= 0.3 is 0 Å². The molecule has 1 unspecified atom stereocenters. The lowest BCUT2D eigenvalue weighted by atomic mass is 10.1. The van der Waals surface area contributed by atoms with E-state index in [4.69, 9.17) is 0 Å². The van der Waals surface area contributed by atoms with E-state index in [0.717, 1.165) is 11.9 Å². The minimum atomic E-state index is -0.0973. The number of amides is 1. The van der Waals surface area contributed by atoms with Crippen molar-refractivity contribution in [3.63, 3.8) is 0 Å². The summed E-state index contributed by atoms with van der Waals surface area (Å²) < 4.78 is 1.89. The highest BCUT2D eigenvalue weighted by molar-refractivity contribution is 5.94. The smallest absolute Gasteiger partial charge is 0.270 e. The molecule has 0 aliphatic heterocycles. The first-order valence-electron chi connectivity index (χ1n) is 6.17. The molecule has 4 heteroatoms. The molecule has 0 aromatic carbocycles. The van der Waals surface area contributed by atoms with Crippen molar-refractivity contribution in [2.75, 3.05) is 0 Å². The largest absolute Gasteiger partial charge is 0.345 e. The number of rotatable bonds is 2. The number of fused-ring (bicyclic) bond motifs is 1. The Hall–Kier alpha value is -1.84. The van der Waals surface area contributed by atoms with E-state index in [1.807, 2.05) is 28.8 Å². The zero-order valence-electron chi connectivity index (χ0n) is 10.9. The number of hydrogen-bond acceptors (Lipinski definition) is 2. The number of carbonyl (C=O) groups excluding carboxylic acids is 1. The molecule has 0 radical (unpaired) electrons. The second kappa shape index (κ2) is 3.34. The second-order valence-corrected chi connectivity index (χ2v) is 5.96. The summed E-state index contributed by atoms with van der Waals surface area (Å²) in [5.74, 6) is -0.0909. The predicted octanol–water partition coefficient (Wildman–Crippen LogP) is 2.25. The Kier molecular flexibility index (Phi) is 2.09. The summed E-state index contributed by atoms with van der Waals surface area (Å²) in [7, 11) is 0. The quantitative estimate of drug-likeness (QED) is 0.879. The molecule has 18 heavy (non-hydrogen) atoms. The Balaban J connectivity index is 1.84. The van der Waals surface area contributed by atoms with Crippen LogP contribution < -0.4 is 5.32 Å². The molecule has 1 N–H and O–H groups in total. The Bertz CT molecular complexity index is 629. The number of nitrogens with one attached hydrogen (secondary N) is 1. The molecule has 1 aliphatic rings. The van der Waals surface area contributed by atoms with Crippen molar-refractivity contribution < 1.29 is 4.79 Å². The SMILES string of the molecule is CC1(C)CC1(C)NC(=O)c1cc2cccn2cn1. The summed E-state index contributed by atoms with van der Waals surface area (Å²) >= 11 is 0. The molecule has 1 amide bonds. The number of nitrogens with zero attached hydrogens (tertiary/aromatic N) is 2. The summed E-state index contributed by atoms with van der Waals surface area (Å²) in [5.41, 5.74) is 1.54. The molecule has 4 nitrogen and oxygen atoms in total. The van der Waals surface area contributed by atoms with Crippen LogP contribution in [0.25, 0.3) is 5.52 Å².